The summed E-state index contributed by atoms with van der Waals surface area (Å²) in [7, 11) is 0. The molecule has 2 amide bonds. The van der Waals surface area contributed by atoms with E-state index < -0.39 is 35.9 Å². The number of primary amides is 1. The van der Waals surface area contributed by atoms with Gasteiger partial charge in [-0.2, -0.15) is 13.2 Å². The van der Waals surface area contributed by atoms with Gasteiger partial charge in [0.15, 0.2) is 11.6 Å². The van der Waals surface area contributed by atoms with Crippen LogP contribution in [0.15, 0.2) is 42.5 Å². The van der Waals surface area contributed by atoms with Gasteiger partial charge in [-0.25, -0.2) is 4.39 Å². The molecule has 2 aliphatic rings. The molecule has 2 aromatic rings. The molecule has 0 unspecified atom stereocenters. The monoisotopic (exact) mass is 480 g/mol. The number of amides is 2. The van der Waals surface area contributed by atoms with Gasteiger partial charge in [-0.15, -0.1) is 0 Å². The first-order valence-electron chi connectivity index (χ1n) is 10.9. The molecule has 0 aromatic heterocycles. The predicted molar refractivity (Wildman–Crippen MR) is 113 cm³/mol. The Morgan fingerprint density at radius 2 is 1.79 bits per heavy atom. The van der Waals surface area contributed by atoms with Crippen LogP contribution in [0.25, 0.3) is 0 Å². The minimum Gasteiger partial charge on any atom is -0.488 e. The minimum absolute atomic E-state index is 0.00710. The lowest BCUT2D eigenvalue weighted by Crippen LogP contribution is -2.59. The number of carbonyl (C=O) groups excluding carboxylic acids is 2. The molecule has 0 spiro atoms. The molecular weight excluding hydrogens is 456 g/mol. The normalized spacial score (nSPS) is 21.7. The summed E-state index contributed by atoms with van der Waals surface area (Å²) in [6.45, 7) is 0.433. The lowest BCUT2D eigenvalue weighted by molar-refractivity contribution is -0.195. The molecule has 1 saturated carbocycles. The third kappa shape index (κ3) is 5.01. The van der Waals surface area contributed by atoms with Crippen LogP contribution in [-0.2, 0) is 22.6 Å². The van der Waals surface area contributed by atoms with Crippen LogP contribution in [-0.4, -0.2) is 48.2 Å². The van der Waals surface area contributed by atoms with E-state index in [0.717, 1.165) is 16.5 Å². The van der Waals surface area contributed by atoms with E-state index in [9.17, 15) is 27.2 Å². The Morgan fingerprint density at radius 3 is 2.44 bits per heavy atom. The summed E-state index contributed by atoms with van der Waals surface area (Å²) in [5, 5.41) is 0. The Kier molecular flexibility index (Phi) is 6.79. The Morgan fingerprint density at radius 1 is 1.09 bits per heavy atom. The highest BCUT2D eigenvalue weighted by atomic mass is 19.4. The zero-order valence-electron chi connectivity index (χ0n) is 18.2. The number of fused-ring (bicyclic) bond motifs is 1. The highest BCUT2D eigenvalue weighted by molar-refractivity contribution is 5.95. The molecule has 1 heterocycles. The molecule has 4 rings (SSSR count). The molecule has 10 heteroatoms. The quantitative estimate of drug-likeness (QED) is 0.614. The Balaban J connectivity index is 1.45. The molecule has 0 saturated heterocycles. The number of hydrogen-bond donors (Lipinski definition) is 1. The lowest BCUT2D eigenvalue weighted by atomic mass is 9.78. The van der Waals surface area contributed by atoms with Crippen molar-refractivity contribution < 1.29 is 36.6 Å². The molecule has 34 heavy (non-hydrogen) atoms. The standard InChI is InChI=1S/C24H24F4N2O4/c25-20-7-6-18(22(29)31)19-10-17(13-34-21(19)20)30(23(32)24(26,27)28)16-8-15(9-16)12-33-11-14-4-2-1-3-5-14/h1-7,15-17H,8-13H2,(H2,29,31)/t15?,16?,17-/m1/s1. The number of rotatable bonds is 7. The van der Waals surface area contributed by atoms with Gasteiger partial charge in [0.1, 0.15) is 6.61 Å². The fraction of sp³-hybridized carbons (Fsp3) is 0.417. The first-order chi connectivity index (χ1) is 16.1. The van der Waals surface area contributed by atoms with Crippen LogP contribution >= 0.6 is 0 Å². The van der Waals surface area contributed by atoms with E-state index in [4.69, 9.17) is 15.2 Å². The molecule has 0 bridgehead atoms. The molecule has 1 fully saturated rings. The maximum absolute atomic E-state index is 14.2. The van der Waals surface area contributed by atoms with Gasteiger partial charge in [-0.1, -0.05) is 30.3 Å². The van der Waals surface area contributed by atoms with E-state index in [-0.39, 0.29) is 35.8 Å². The zero-order valence-corrected chi connectivity index (χ0v) is 18.2. The molecule has 6 nitrogen and oxygen atoms in total. The summed E-state index contributed by atoms with van der Waals surface area (Å²) in [5.41, 5.74) is 6.37. The Bertz CT molecular complexity index is 1050. The number of alkyl halides is 3. The second-order valence-electron chi connectivity index (χ2n) is 8.64. The number of nitrogens with zero attached hydrogens (tertiary/aromatic N) is 1. The Labute approximate surface area is 193 Å². The highest BCUT2D eigenvalue weighted by Crippen LogP contribution is 2.39. The van der Waals surface area contributed by atoms with Crippen LogP contribution in [0.2, 0.25) is 0 Å². The van der Waals surface area contributed by atoms with E-state index in [2.05, 4.69) is 0 Å². The van der Waals surface area contributed by atoms with Crippen molar-refractivity contribution in [1.29, 1.82) is 0 Å². The number of ether oxygens (including phenoxy) is 2. The molecule has 1 aliphatic heterocycles. The van der Waals surface area contributed by atoms with Crippen molar-refractivity contribution in [3.05, 3.63) is 65.0 Å². The van der Waals surface area contributed by atoms with Crippen LogP contribution in [0.5, 0.6) is 5.75 Å². The summed E-state index contributed by atoms with van der Waals surface area (Å²) in [6, 6.07) is 10.00. The SMILES string of the molecule is NC(=O)c1ccc(F)c2c1C[C@@H](N(C(=O)C(F)(F)F)C1CC(COCc3ccccc3)C1)CO2. The van der Waals surface area contributed by atoms with Crippen LogP contribution in [0.3, 0.4) is 0 Å². The van der Waals surface area contributed by atoms with Crippen molar-refractivity contribution in [1.82, 2.24) is 4.90 Å². The predicted octanol–water partition coefficient (Wildman–Crippen LogP) is 3.61. The second-order valence-corrected chi connectivity index (χ2v) is 8.64. The van der Waals surface area contributed by atoms with E-state index in [0.29, 0.717) is 26.1 Å². The van der Waals surface area contributed by atoms with Crippen LogP contribution in [0.1, 0.15) is 34.3 Å². The lowest BCUT2D eigenvalue weighted by Gasteiger charge is -2.47. The van der Waals surface area contributed by atoms with Crippen molar-refractivity contribution in [2.45, 2.75) is 44.1 Å². The van der Waals surface area contributed by atoms with Crippen molar-refractivity contribution in [2.75, 3.05) is 13.2 Å². The summed E-state index contributed by atoms with van der Waals surface area (Å²) < 4.78 is 65.6. The average molecular weight is 480 g/mol. The fourth-order valence-electron chi connectivity index (χ4n) is 4.60. The first-order valence-corrected chi connectivity index (χ1v) is 10.9. The molecule has 2 N–H and O–H groups in total. The fourth-order valence-corrected chi connectivity index (χ4v) is 4.60. The molecule has 182 valence electrons. The molecule has 1 atom stereocenters. The number of hydrogen-bond acceptors (Lipinski definition) is 4. The average Bonchev–Trinajstić information content (AvgIpc) is 2.77. The van der Waals surface area contributed by atoms with Crippen LogP contribution < -0.4 is 10.5 Å². The first kappa shape index (κ1) is 24.0. The van der Waals surface area contributed by atoms with Gasteiger partial charge < -0.3 is 20.1 Å². The Hall–Kier alpha value is -3.14. The molecule has 1 aliphatic carbocycles. The largest absolute Gasteiger partial charge is 0.488 e. The summed E-state index contributed by atoms with van der Waals surface area (Å²) in [6.07, 6.45) is -4.57. The van der Waals surface area contributed by atoms with Crippen molar-refractivity contribution >= 4 is 11.8 Å². The van der Waals surface area contributed by atoms with Crippen molar-refractivity contribution in [3.63, 3.8) is 0 Å². The summed E-state index contributed by atoms with van der Waals surface area (Å²) >= 11 is 0. The molecule has 2 aromatic carbocycles. The van der Waals surface area contributed by atoms with E-state index in [1.165, 1.54) is 6.07 Å². The third-order valence-corrected chi connectivity index (χ3v) is 6.28. The minimum atomic E-state index is -5.08. The molecule has 0 radical (unpaired) electrons. The van der Waals surface area contributed by atoms with Crippen LogP contribution in [0.4, 0.5) is 17.6 Å². The van der Waals surface area contributed by atoms with Gasteiger partial charge in [-0.05, 0) is 36.5 Å². The van der Waals surface area contributed by atoms with Gasteiger partial charge in [-0.3, -0.25) is 9.59 Å². The van der Waals surface area contributed by atoms with E-state index >= 15 is 0 Å². The zero-order chi connectivity index (χ0) is 24.5. The van der Waals surface area contributed by atoms with E-state index in [1.807, 2.05) is 30.3 Å². The van der Waals surface area contributed by atoms with E-state index in [1.54, 1.807) is 0 Å². The molecular formula is C24H24F4N2O4. The smallest absolute Gasteiger partial charge is 0.471 e. The number of benzene rings is 2. The second kappa shape index (κ2) is 9.61. The maximum Gasteiger partial charge on any atom is 0.471 e. The third-order valence-electron chi connectivity index (χ3n) is 6.28. The van der Waals surface area contributed by atoms with Gasteiger partial charge in [0.05, 0.1) is 12.6 Å². The number of carbonyl (C=O) groups is 2. The van der Waals surface area contributed by atoms with Gasteiger partial charge in [0.2, 0.25) is 5.91 Å². The summed E-state index contributed by atoms with van der Waals surface area (Å²) in [5.74, 6) is -3.78. The number of nitrogens with two attached hydrogens (primary N) is 1. The van der Waals surface area contributed by atoms with Crippen molar-refractivity contribution in [3.8, 4) is 5.75 Å². The van der Waals surface area contributed by atoms with Gasteiger partial charge >= 0.3 is 12.1 Å². The number of halogens is 4. The maximum atomic E-state index is 14.2. The summed E-state index contributed by atoms with van der Waals surface area (Å²) in [4.78, 5) is 24.9. The van der Waals surface area contributed by atoms with Crippen molar-refractivity contribution in [2.24, 2.45) is 11.7 Å². The van der Waals surface area contributed by atoms with Gasteiger partial charge in [0, 0.05) is 30.2 Å². The van der Waals surface area contributed by atoms with Gasteiger partial charge in [0.25, 0.3) is 0 Å². The van der Waals surface area contributed by atoms with Crippen LogP contribution in [0, 0.1) is 11.7 Å². The highest BCUT2D eigenvalue weighted by Gasteiger charge is 2.50. The topological polar surface area (TPSA) is 81.9 Å².